The molecule has 0 spiro atoms. The lowest BCUT2D eigenvalue weighted by molar-refractivity contribution is -0.129. The highest BCUT2D eigenvalue weighted by atomic mass is 127. The summed E-state index contributed by atoms with van der Waals surface area (Å²) >= 11 is -1.06. The molecule has 30 heavy (non-hydrogen) atoms. The van der Waals surface area contributed by atoms with Crippen LogP contribution in [-0.2, 0) is 14.3 Å². The zero-order valence-electron chi connectivity index (χ0n) is 17.3. The lowest BCUT2D eigenvalue weighted by atomic mass is 9.97. The number of aliphatic hydroxyl groups excluding tert-OH is 1. The van der Waals surface area contributed by atoms with E-state index in [4.69, 9.17) is 4.74 Å². The second-order valence-electron chi connectivity index (χ2n) is 7.50. The molecule has 2 aliphatic rings. The van der Waals surface area contributed by atoms with E-state index in [2.05, 4.69) is 16.9 Å². The molecule has 162 valence electrons. The molecule has 0 aromatic heterocycles. The molecule has 0 bridgehead atoms. The lowest BCUT2D eigenvalue weighted by Crippen LogP contribution is -2.49. The summed E-state index contributed by atoms with van der Waals surface area (Å²) in [5.41, 5.74) is -0.176. The first-order valence-corrected chi connectivity index (χ1v) is 11.6. The van der Waals surface area contributed by atoms with Gasteiger partial charge in [-0.15, -0.1) is 0 Å². The van der Waals surface area contributed by atoms with E-state index in [0.717, 1.165) is 0 Å². The molecule has 1 heterocycles. The van der Waals surface area contributed by atoms with Gasteiger partial charge >= 0.3 is 5.97 Å². The molecule has 0 aromatic carbocycles. The van der Waals surface area contributed by atoms with Gasteiger partial charge in [0.2, 0.25) is 5.91 Å². The van der Waals surface area contributed by atoms with E-state index < -0.39 is 38.2 Å². The summed E-state index contributed by atoms with van der Waals surface area (Å²) in [4.78, 5) is 28.4. The molecule has 0 saturated carbocycles. The third-order valence-electron chi connectivity index (χ3n) is 4.24. The van der Waals surface area contributed by atoms with Gasteiger partial charge in [0.25, 0.3) is 0 Å². The van der Waals surface area contributed by atoms with Crippen molar-refractivity contribution in [2.24, 2.45) is 10.9 Å². The Morgan fingerprint density at radius 1 is 1.40 bits per heavy atom. The first kappa shape index (κ1) is 23.8. The zero-order valence-corrected chi connectivity index (χ0v) is 19.5. The quantitative estimate of drug-likeness (QED) is 0.459. The largest absolute Gasteiger partial charge is 0.508 e. The molecule has 0 aromatic rings. The number of carboxylic acids is 1. The Balaban J connectivity index is 2.09. The van der Waals surface area contributed by atoms with E-state index in [-0.39, 0.29) is 21.8 Å². The number of halogens is 1. The van der Waals surface area contributed by atoms with Crippen molar-refractivity contribution in [3.05, 3.63) is 58.1 Å². The Morgan fingerprint density at radius 3 is 2.80 bits per heavy atom. The maximum absolute atomic E-state index is 12.5. The van der Waals surface area contributed by atoms with Crippen LogP contribution in [0.15, 0.2) is 63.1 Å². The summed E-state index contributed by atoms with van der Waals surface area (Å²) < 4.78 is 6.87. The number of rotatable bonds is 6. The highest BCUT2D eigenvalue weighted by molar-refractivity contribution is 14.2. The number of hydrogen-bond acceptors (Lipinski definition) is 5. The smallest absolute Gasteiger partial charge is 0.343 e. The van der Waals surface area contributed by atoms with Crippen LogP contribution in [0, 0.1) is 5.92 Å². The standard InChI is InChI=1S/C22H27IN2O5/c1-14-18(10-5-6-11-24-15(2)19(23-14)21(28)29)30-13-22(3,4)25-20(27)16-8-7-9-17(26)12-16/h5-7,9-10,12,16,26H,1,8,11,13H2,2-4H3,(H,25,27)(H,28,29)/b6-5-,18-10+,24-15?. The zero-order chi connectivity index (χ0) is 22.3. The van der Waals surface area contributed by atoms with Crippen LogP contribution in [0.2, 0.25) is 0 Å². The van der Waals surface area contributed by atoms with Crippen molar-refractivity contribution in [2.45, 2.75) is 32.7 Å². The van der Waals surface area contributed by atoms with Gasteiger partial charge < -0.3 is 20.3 Å². The molecule has 1 aliphatic carbocycles. The fourth-order valence-corrected chi connectivity index (χ4v) is 4.73. The van der Waals surface area contributed by atoms with Crippen molar-refractivity contribution in [2.75, 3.05) is 13.2 Å². The minimum atomic E-state index is -1.06. The summed E-state index contributed by atoms with van der Waals surface area (Å²) in [6, 6.07) is 0. The molecule has 0 saturated heterocycles. The maximum Gasteiger partial charge on any atom is 0.343 e. The fourth-order valence-electron chi connectivity index (χ4n) is 2.68. The third kappa shape index (κ3) is 7.08. The normalized spacial score (nSPS) is 22.9. The number of allylic oxidation sites excluding steroid dienone is 5. The number of carbonyl (C=O) groups is 2. The number of carbonyl (C=O) groups excluding carboxylic acids is 1. The number of ether oxygens (including phenoxy) is 1. The summed E-state index contributed by atoms with van der Waals surface area (Å²) in [7, 11) is 0. The number of nitrogens with zero attached hydrogens (tertiary/aromatic N) is 1. The first-order valence-electron chi connectivity index (χ1n) is 9.44. The van der Waals surface area contributed by atoms with Gasteiger partial charge in [0.05, 0.1) is 23.7 Å². The van der Waals surface area contributed by atoms with E-state index in [1.807, 2.05) is 19.9 Å². The van der Waals surface area contributed by atoms with Gasteiger partial charge in [-0.3, -0.25) is 9.79 Å². The summed E-state index contributed by atoms with van der Waals surface area (Å²) in [6.45, 7) is 9.97. The SMILES string of the molecule is C=C1I=C(C(=O)O)C(C)=NC/C=C\C=C/1OCC(C)(C)NC(=O)C1C=C(O)C=CC1. The van der Waals surface area contributed by atoms with Crippen LogP contribution in [0.4, 0.5) is 0 Å². The van der Waals surface area contributed by atoms with E-state index in [0.29, 0.717) is 28.0 Å². The van der Waals surface area contributed by atoms with Crippen LogP contribution in [0.1, 0.15) is 27.2 Å². The van der Waals surface area contributed by atoms with Crippen molar-refractivity contribution >= 4 is 41.8 Å². The highest BCUT2D eigenvalue weighted by Crippen LogP contribution is 2.26. The Morgan fingerprint density at radius 2 is 2.13 bits per heavy atom. The van der Waals surface area contributed by atoms with Crippen LogP contribution >= 0.6 is 20.7 Å². The minimum Gasteiger partial charge on any atom is -0.508 e. The number of nitrogens with one attached hydrogen (secondary N) is 1. The van der Waals surface area contributed by atoms with Crippen molar-refractivity contribution in [3.8, 4) is 0 Å². The van der Waals surface area contributed by atoms with Crippen molar-refractivity contribution in [1.29, 1.82) is 0 Å². The molecule has 1 atom stereocenters. The topological polar surface area (TPSA) is 108 Å². The second-order valence-corrected chi connectivity index (χ2v) is 10.4. The van der Waals surface area contributed by atoms with Gasteiger partial charge in [0.15, 0.2) is 0 Å². The molecular weight excluding hydrogens is 499 g/mol. The Labute approximate surface area is 186 Å². The molecular formula is C22H27IN2O5. The van der Waals surface area contributed by atoms with Crippen molar-refractivity contribution in [1.82, 2.24) is 5.32 Å². The van der Waals surface area contributed by atoms with Crippen LogP contribution in [0.5, 0.6) is 0 Å². The predicted molar refractivity (Wildman–Crippen MR) is 127 cm³/mol. The fraction of sp³-hybridized carbons (Fsp3) is 0.364. The van der Waals surface area contributed by atoms with Gasteiger partial charge in [-0.25, -0.2) is 4.79 Å². The van der Waals surface area contributed by atoms with E-state index >= 15 is 0 Å². The molecule has 0 fully saturated rings. The molecule has 7 nitrogen and oxygen atoms in total. The van der Waals surface area contributed by atoms with Gasteiger partial charge in [0.1, 0.15) is 21.6 Å². The van der Waals surface area contributed by atoms with E-state index in [9.17, 15) is 19.8 Å². The molecule has 2 rings (SSSR count). The highest BCUT2D eigenvalue weighted by Gasteiger charge is 2.27. The molecule has 1 amide bonds. The number of aliphatic imine (C=N–C) groups is 1. The van der Waals surface area contributed by atoms with E-state index in [1.54, 1.807) is 31.2 Å². The van der Waals surface area contributed by atoms with Crippen LogP contribution in [0.25, 0.3) is 0 Å². The lowest BCUT2D eigenvalue weighted by Gasteiger charge is -2.29. The van der Waals surface area contributed by atoms with Gasteiger partial charge in [-0.2, -0.15) is 0 Å². The average molecular weight is 526 g/mol. The van der Waals surface area contributed by atoms with E-state index in [1.165, 1.54) is 6.08 Å². The Kier molecular flexibility index (Phi) is 8.33. The summed E-state index contributed by atoms with van der Waals surface area (Å²) in [5, 5.41) is 22.1. The molecule has 1 aliphatic heterocycles. The Bertz CT molecular complexity index is 906. The van der Waals surface area contributed by atoms with Gasteiger partial charge in [0, 0.05) is 3.58 Å². The van der Waals surface area contributed by atoms with Gasteiger partial charge in [-0.05, 0) is 45.4 Å². The molecule has 3 N–H and O–H groups in total. The molecule has 0 radical (unpaired) electrons. The molecule has 8 heteroatoms. The Hall–Kier alpha value is -2.49. The average Bonchev–Trinajstić information content (AvgIpc) is 2.66. The predicted octanol–water partition coefficient (Wildman–Crippen LogP) is 3.57. The molecule has 1 unspecified atom stereocenters. The van der Waals surface area contributed by atoms with Crippen LogP contribution < -0.4 is 5.32 Å². The number of amides is 1. The van der Waals surface area contributed by atoms with Crippen molar-refractivity contribution < 1.29 is 24.5 Å². The number of hydrogen-bond donors (Lipinski definition) is 3. The summed E-state index contributed by atoms with van der Waals surface area (Å²) in [6.07, 6.45) is 10.8. The van der Waals surface area contributed by atoms with Crippen LogP contribution in [0.3, 0.4) is 0 Å². The first-order chi connectivity index (χ1) is 14.1. The third-order valence-corrected chi connectivity index (χ3v) is 7.20. The maximum atomic E-state index is 12.5. The number of aliphatic carboxylic acids is 1. The summed E-state index contributed by atoms with van der Waals surface area (Å²) in [5.74, 6) is -1.02. The van der Waals surface area contributed by atoms with Gasteiger partial charge in [-0.1, -0.05) is 45.5 Å². The second kappa shape index (κ2) is 10.5. The van der Waals surface area contributed by atoms with Crippen molar-refractivity contribution in [3.63, 3.8) is 0 Å². The number of carboxylic acid groups (broad SMARTS) is 1. The number of aliphatic hydroxyl groups is 1. The monoisotopic (exact) mass is 526 g/mol. The minimum absolute atomic E-state index is 0.0819. The van der Waals surface area contributed by atoms with Crippen LogP contribution in [-0.4, -0.2) is 50.0 Å².